The van der Waals surface area contributed by atoms with Gasteiger partial charge in [0.2, 0.25) is 0 Å². The third-order valence-corrected chi connectivity index (χ3v) is 2.85. The first kappa shape index (κ1) is 7.93. The van der Waals surface area contributed by atoms with Crippen LogP contribution in [0, 0.1) is 0 Å². The smallest absolute Gasteiger partial charge is 0.0638 e. The number of rotatable bonds is 0. The van der Waals surface area contributed by atoms with Crippen LogP contribution >= 0.6 is 11.6 Å². The first-order valence-corrected chi connectivity index (χ1v) is 4.72. The molecule has 2 heteroatoms. The van der Waals surface area contributed by atoms with Crippen LogP contribution in [0.4, 0.5) is 5.69 Å². The summed E-state index contributed by atoms with van der Waals surface area (Å²) >= 11 is 5.92. The molecular weight excluding hydrogens is 170 g/mol. The van der Waals surface area contributed by atoms with Gasteiger partial charge in [0.05, 0.1) is 10.7 Å². The van der Waals surface area contributed by atoms with Gasteiger partial charge in [0.1, 0.15) is 0 Å². The lowest BCUT2D eigenvalue weighted by Gasteiger charge is -2.17. The third kappa shape index (κ3) is 1.18. The minimum absolute atomic E-state index is 0.704. The van der Waals surface area contributed by atoms with Crippen molar-refractivity contribution in [2.75, 3.05) is 5.73 Å². The average molecular weight is 182 g/mol. The maximum atomic E-state index is 5.92. The summed E-state index contributed by atoms with van der Waals surface area (Å²) < 4.78 is 0. The molecule has 0 bridgehead atoms. The van der Waals surface area contributed by atoms with Crippen molar-refractivity contribution in [1.82, 2.24) is 0 Å². The van der Waals surface area contributed by atoms with Crippen LogP contribution in [0.25, 0.3) is 0 Å². The molecule has 0 amide bonds. The Morgan fingerprint density at radius 2 is 1.92 bits per heavy atom. The summed E-state index contributed by atoms with van der Waals surface area (Å²) in [5.41, 5.74) is 9.35. The van der Waals surface area contributed by atoms with Gasteiger partial charge < -0.3 is 5.73 Å². The van der Waals surface area contributed by atoms with Gasteiger partial charge in [0.15, 0.2) is 0 Å². The van der Waals surface area contributed by atoms with Crippen molar-refractivity contribution in [3.8, 4) is 0 Å². The minimum atomic E-state index is 0.704. The van der Waals surface area contributed by atoms with E-state index in [0.717, 1.165) is 18.5 Å². The second-order valence-electron chi connectivity index (χ2n) is 3.31. The molecule has 0 saturated heterocycles. The number of benzene rings is 1. The quantitative estimate of drug-likeness (QED) is 0.612. The van der Waals surface area contributed by atoms with E-state index >= 15 is 0 Å². The molecule has 0 aliphatic heterocycles. The van der Waals surface area contributed by atoms with E-state index in [4.69, 9.17) is 17.3 Å². The number of nitrogens with two attached hydrogens (primary N) is 1. The predicted molar refractivity (Wildman–Crippen MR) is 52.5 cm³/mol. The Morgan fingerprint density at radius 1 is 1.17 bits per heavy atom. The van der Waals surface area contributed by atoms with Crippen LogP contribution in [-0.4, -0.2) is 0 Å². The van der Waals surface area contributed by atoms with Crippen molar-refractivity contribution in [2.24, 2.45) is 0 Å². The molecule has 64 valence electrons. The topological polar surface area (TPSA) is 26.0 Å². The molecule has 1 nitrogen and oxygen atoms in total. The monoisotopic (exact) mass is 181 g/mol. The molecule has 2 N–H and O–H groups in total. The van der Waals surface area contributed by atoms with Gasteiger partial charge in [0, 0.05) is 0 Å². The number of hydrogen-bond acceptors (Lipinski definition) is 1. The fraction of sp³-hybridized carbons (Fsp3) is 0.400. The molecule has 0 aromatic heterocycles. The molecule has 0 radical (unpaired) electrons. The van der Waals surface area contributed by atoms with E-state index in [-0.39, 0.29) is 0 Å². The van der Waals surface area contributed by atoms with Gasteiger partial charge in [-0.15, -0.1) is 0 Å². The lowest BCUT2D eigenvalue weighted by molar-refractivity contribution is 0.687. The summed E-state index contributed by atoms with van der Waals surface area (Å²) in [7, 11) is 0. The van der Waals surface area contributed by atoms with E-state index in [9.17, 15) is 0 Å². The highest BCUT2D eigenvalue weighted by molar-refractivity contribution is 6.33. The Balaban J connectivity index is 2.54. The Labute approximate surface area is 77.5 Å². The number of aryl methyl sites for hydroxylation is 1. The van der Waals surface area contributed by atoms with E-state index in [2.05, 4.69) is 6.07 Å². The molecule has 0 fully saturated rings. The molecule has 0 atom stereocenters. The SMILES string of the molecule is Nc1c(Cl)ccc2c1CCCC2. The van der Waals surface area contributed by atoms with Gasteiger partial charge >= 0.3 is 0 Å². The van der Waals surface area contributed by atoms with Crippen LogP contribution < -0.4 is 5.73 Å². The minimum Gasteiger partial charge on any atom is -0.397 e. The number of hydrogen-bond donors (Lipinski definition) is 1. The standard InChI is InChI=1S/C10H12ClN/c11-9-6-5-7-3-1-2-4-8(7)10(9)12/h5-6H,1-4,12H2. The molecule has 1 aliphatic carbocycles. The summed E-state index contributed by atoms with van der Waals surface area (Å²) in [6, 6.07) is 4.01. The summed E-state index contributed by atoms with van der Waals surface area (Å²) in [6.45, 7) is 0. The zero-order valence-corrected chi connectivity index (χ0v) is 7.69. The van der Waals surface area contributed by atoms with Crippen molar-refractivity contribution in [3.05, 3.63) is 28.3 Å². The van der Waals surface area contributed by atoms with E-state index in [1.54, 1.807) is 0 Å². The Bertz CT molecular complexity index is 307. The first-order valence-electron chi connectivity index (χ1n) is 4.35. The molecule has 0 heterocycles. The number of halogens is 1. The molecule has 0 saturated carbocycles. The molecule has 1 aromatic rings. The average Bonchev–Trinajstić information content (AvgIpc) is 2.12. The summed E-state index contributed by atoms with van der Waals surface area (Å²) in [4.78, 5) is 0. The van der Waals surface area contributed by atoms with Crippen molar-refractivity contribution < 1.29 is 0 Å². The maximum absolute atomic E-state index is 5.92. The highest BCUT2D eigenvalue weighted by atomic mass is 35.5. The van der Waals surface area contributed by atoms with Gasteiger partial charge in [0.25, 0.3) is 0 Å². The predicted octanol–water partition coefficient (Wildman–Crippen LogP) is 2.80. The Morgan fingerprint density at radius 3 is 2.75 bits per heavy atom. The fourth-order valence-corrected chi connectivity index (χ4v) is 2.00. The molecule has 0 unspecified atom stereocenters. The zero-order valence-electron chi connectivity index (χ0n) is 6.94. The van der Waals surface area contributed by atoms with Gasteiger partial charge in [-0.05, 0) is 42.9 Å². The maximum Gasteiger partial charge on any atom is 0.0638 e. The highest BCUT2D eigenvalue weighted by Crippen LogP contribution is 2.31. The first-order chi connectivity index (χ1) is 5.79. The summed E-state index contributed by atoms with van der Waals surface area (Å²) in [5, 5.41) is 0.704. The van der Waals surface area contributed by atoms with Crippen LogP contribution in [0.2, 0.25) is 5.02 Å². The lowest BCUT2D eigenvalue weighted by Crippen LogP contribution is -2.06. The van der Waals surface area contributed by atoms with Crippen molar-refractivity contribution in [3.63, 3.8) is 0 Å². The van der Waals surface area contributed by atoms with E-state index in [1.165, 1.54) is 24.0 Å². The molecule has 1 aliphatic rings. The van der Waals surface area contributed by atoms with Crippen molar-refractivity contribution in [1.29, 1.82) is 0 Å². The number of nitrogen functional groups attached to an aromatic ring is 1. The normalized spacial score (nSPS) is 15.8. The van der Waals surface area contributed by atoms with Crippen LogP contribution in [0.1, 0.15) is 24.0 Å². The Hall–Kier alpha value is -0.690. The van der Waals surface area contributed by atoms with E-state index < -0.39 is 0 Å². The molecular formula is C10H12ClN. The van der Waals surface area contributed by atoms with Crippen LogP contribution in [0.5, 0.6) is 0 Å². The highest BCUT2D eigenvalue weighted by Gasteiger charge is 2.13. The molecule has 12 heavy (non-hydrogen) atoms. The van der Waals surface area contributed by atoms with Gasteiger partial charge in [-0.2, -0.15) is 0 Å². The zero-order chi connectivity index (χ0) is 8.55. The van der Waals surface area contributed by atoms with Crippen LogP contribution in [-0.2, 0) is 12.8 Å². The Kier molecular flexibility index (Phi) is 1.97. The second-order valence-corrected chi connectivity index (χ2v) is 3.71. The van der Waals surface area contributed by atoms with Crippen LogP contribution in [0.15, 0.2) is 12.1 Å². The van der Waals surface area contributed by atoms with Gasteiger partial charge in [-0.25, -0.2) is 0 Å². The number of fused-ring (bicyclic) bond motifs is 1. The largest absolute Gasteiger partial charge is 0.397 e. The van der Waals surface area contributed by atoms with Gasteiger partial charge in [-0.3, -0.25) is 0 Å². The lowest BCUT2D eigenvalue weighted by atomic mass is 9.91. The summed E-state index contributed by atoms with van der Waals surface area (Å²) in [6.07, 6.45) is 4.80. The fourth-order valence-electron chi connectivity index (χ4n) is 1.83. The van der Waals surface area contributed by atoms with Crippen molar-refractivity contribution >= 4 is 17.3 Å². The van der Waals surface area contributed by atoms with Crippen LogP contribution in [0.3, 0.4) is 0 Å². The summed E-state index contributed by atoms with van der Waals surface area (Å²) in [5.74, 6) is 0. The molecule has 2 rings (SSSR count). The van der Waals surface area contributed by atoms with Crippen molar-refractivity contribution in [2.45, 2.75) is 25.7 Å². The molecule has 1 aromatic carbocycles. The van der Waals surface area contributed by atoms with E-state index in [0.29, 0.717) is 5.02 Å². The van der Waals surface area contributed by atoms with Gasteiger partial charge in [-0.1, -0.05) is 17.7 Å². The van der Waals surface area contributed by atoms with E-state index in [1.807, 2.05) is 6.07 Å². The molecule has 0 spiro atoms. The second kappa shape index (κ2) is 2.98. The number of anilines is 1. The third-order valence-electron chi connectivity index (χ3n) is 2.52.